The Morgan fingerprint density at radius 1 is 1.26 bits per heavy atom. The normalized spacial score (nSPS) is 12.2. The summed E-state index contributed by atoms with van der Waals surface area (Å²) < 4.78 is 5.12. The first kappa shape index (κ1) is 17.0. The fourth-order valence-electron chi connectivity index (χ4n) is 1.67. The fourth-order valence-corrected chi connectivity index (χ4v) is 2.13. The predicted octanol–water partition coefficient (Wildman–Crippen LogP) is 1.64. The second-order valence-corrected chi connectivity index (χ2v) is 6.06. The summed E-state index contributed by atoms with van der Waals surface area (Å²) in [6, 6.07) is -0.409. The molecule has 2 aromatic rings. The van der Waals surface area contributed by atoms with E-state index in [9.17, 15) is 9.59 Å². The van der Waals surface area contributed by atoms with Crippen molar-refractivity contribution in [3.05, 3.63) is 17.2 Å². The zero-order valence-corrected chi connectivity index (χ0v) is 13.9. The summed E-state index contributed by atoms with van der Waals surface area (Å²) >= 11 is 1.22. The zero-order chi connectivity index (χ0) is 16.8. The van der Waals surface area contributed by atoms with Crippen LogP contribution in [0.3, 0.4) is 0 Å². The van der Waals surface area contributed by atoms with Crippen LogP contribution >= 0.6 is 11.3 Å². The molecule has 2 heterocycles. The highest BCUT2D eigenvalue weighted by Gasteiger charge is 2.18. The Balaban J connectivity index is 1.76. The Bertz CT molecular complexity index is 654. The summed E-state index contributed by atoms with van der Waals surface area (Å²) in [4.78, 5) is 27.7. The maximum atomic E-state index is 11.9. The molecule has 0 aromatic carbocycles. The topological polar surface area (TPSA) is 123 Å². The van der Waals surface area contributed by atoms with E-state index in [-0.39, 0.29) is 30.6 Å². The molecule has 0 aliphatic carbocycles. The van der Waals surface area contributed by atoms with Crippen molar-refractivity contribution in [3.8, 4) is 0 Å². The summed E-state index contributed by atoms with van der Waals surface area (Å²) in [5.41, 5.74) is 1.51. The van der Waals surface area contributed by atoms with Gasteiger partial charge in [0.05, 0.1) is 0 Å². The van der Waals surface area contributed by atoms with E-state index in [0.717, 1.165) is 0 Å². The van der Waals surface area contributed by atoms with Crippen LogP contribution in [0, 0.1) is 0 Å². The quantitative estimate of drug-likeness (QED) is 0.786. The number of amides is 2. The van der Waals surface area contributed by atoms with Gasteiger partial charge in [-0.1, -0.05) is 30.3 Å². The summed E-state index contributed by atoms with van der Waals surface area (Å²) in [7, 11) is 0. The van der Waals surface area contributed by atoms with Gasteiger partial charge in [-0.25, -0.2) is 0 Å². The molecule has 1 unspecified atom stereocenters. The van der Waals surface area contributed by atoms with Gasteiger partial charge in [-0.05, 0) is 6.92 Å². The molecular formula is C13H18N6O3S. The van der Waals surface area contributed by atoms with Crippen molar-refractivity contribution in [1.29, 1.82) is 0 Å². The summed E-state index contributed by atoms with van der Waals surface area (Å²) in [6.45, 7) is 5.65. The van der Waals surface area contributed by atoms with Gasteiger partial charge in [-0.2, -0.15) is 4.98 Å². The van der Waals surface area contributed by atoms with Crippen molar-refractivity contribution < 1.29 is 14.1 Å². The van der Waals surface area contributed by atoms with Gasteiger partial charge in [-0.15, -0.1) is 10.2 Å². The maximum absolute atomic E-state index is 11.9. The molecule has 10 heteroatoms. The van der Waals surface area contributed by atoms with Crippen LogP contribution in [0.5, 0.6) is 0 Å². The standard InChI is InChI=1S/C13H18N6O3S/c1-7(2)11-17-12(22-19-11)8(3)15-9(20)4-5-10(21)16-13-18-14-6-23-13/h6-8H,4-5H2,1-3H3,(H,15,20)(H,16,18,21). The van der Waals surface area contributed by atoms with Crippen molar-refractivity contribution >= 4 is 28.3 Å². The third-order valence-electron chi connectivity index (χ3n) is 2.91. The summed E-state index contributed by atoms with van der Waals surface area (Å²) in [5, 5.41) is 16.9. The van der Waals surface area contributed by atoms with Crippen LogP contribution in [0.15, 0.2) is 10.0 Å². The molecule has 1 atom stereocenters. The van der Waals surface area contributed by atoms with Crippen LogP contribution in [0.4, 0.5) is 5.13 Å². The highest BCUT2D eigenvalue weighted by atomic mass is 32.1. The number of aromatic nitrogens is 4. The highest BCUT2D eigenvalue weighted by Crippen LogP contribution is 2.15. The van der Waals surface area contributed by atoms with Gasteiger partial charge < -0.3 is 15.2 Å². The smallest absolute Gasteiger partial charge is 0.248 e. The van der Waals surface area contributed by atoms with E-state index >= 15 is 0 Å². The monoisotopic (exact) mass is 338 g/mol. The van der Waals surface area contributed by atoms with E-state index in [4.69, 9.17) is 4.52 Å². The lowest BCUT2D eigenvalue weighted by atomic mass is 10.2. The molecule has 0 radical (unpaired) electrons. The second kappa shape index (κ2) is 7.77. The van der Waals surface area contributed by atoms with Crippen molar-refractivity contribution in [1.82, 2.24) is 25.7 Å². The van der Waals surface area contributed by atoms with E-state index in [1.54, 1.807) is 6.92 Å². The molecule has 2 N–H and O–H groups in total. The molecule has 2 rings (SSSR count). The van der Waals surface area contributed by atoms with E-state index in [0.29, 0.717) is 16.8 Å². The number of nitrogens with zero attached hydrogens (tertiary/aromatic N) is 4. The Morgan fingerprint density at radius 3 is 2.61 bits per heavy atom. The number of nitrogens with one attached hydrogen (secondary N) is 2. The number of hydrogen-bond acceptors (Lipinski definition) is 8. The lowest BCUT2D eigenvalue weighted by Gasteiger charge is -2.09. The fraction of sp³-hybridized carbons (Fsp3) is 0.538. The number of anilines is 1. The third-order valence-corrected chi connectivity index (χ3v) is 3.51. The molecule has 23 heavy (non-hydrogen) atoms. The van der Waals surface area contributed by atoms with E-state index in [1.807, 2.05) is 13.8 Å². The minimum atomic E-state index is -0.409. The number of hydrogen-bond donors (Lipinski definition) is 2. The van der Waals surface area contributed by atoms with Gasteiger partial charge in [0.1, 0.15) is 11.6 Å². The van der Waals surface area contributed by atoms with Gasteiger partial charge in [-0.3, -0.25) is 9.59 Å². The Labute approximate surface area is 136 Å². The first-order valence-corrected chi connectivity index (χ1v) is 8.02. The molecule has 0 fully saturated rings. The number of carbonyl (C=O) groups is 2. The first-order chi connectivity index (χ1) is 11.0. The van der Waals surface area contributed by atoms with Gasteiger partial charge in [0, 0.05) is 18.8 Å². The van der Waals surface area contributed by atoms with Crippen LogP contribution in [0.2, 0.25) is 0 Å². The second-order valence-electron chi connectivity index (χ2n) is 5.23. The highest BCUT2D eigenvalue weighted by molar-refractivity contribution is 7.13. The predicted molar refractivity (Wildman–Crippen MR) is 82.7 cm³/mol. The molecule has 9 nitrogen and oxygen atoms in total. The van der Waals surface area contributed by atoms with Crippen molar-refractivity contribution in [2.24, 2.45) is 0 Å². The summed E-state index contributed by atoms with van der Waals surface area (Å²) in [5.74, 6) is 0.538. The van der Waals surface area contributed by atoms with Gasteiger partial charge in [0.15, 0.2) is 5.82 Å². The van der Waals surface area contributed by atoms with Gasteiger partial charge >= 0.3 is 0 Å². The molecular weight excluding hydrogens is 320 g/mol. The maximum Gasteiger partial charge on any atom is 0.248 e. The van der Waals surface area contributed by atoms with Gasteiger partial charge in [0.2, 0.25) is 22.8 Å². The van der Waals surface area contributed by atoms with Crippen LogP contribution in [0.25, 0.3) is 0 Å². The largest absolute Gasteiger partial charge is 0.345 e. The molecule has 0 aliphatic rings. The van der Waals surface area contributed by atoms with Crippen LogP contribution < -0.4 is 10.6 Å². The molecule has 0 bridgehead atoms. The molecule has 124 valence electrons. The van der Waals surface area contributed by atoms with E-state index in [1.165, 1.54) is 16.8 Å². The Morgan fingerprint density at radius 2 is 2.00 bits per heavy atom. The average Bonchev–Trinajstić information content (AvgIpc) is 3.16. The minimum Gasteiger partial charge on any atom is -0.345 e. The van der Waals surface area contributed by atoms with Crippen molar-refractivity contribution in [2.45, 2.75) is 45.6 Å². The van der Waals surface area contributed by atoms with Gasteiger partial charge in [0.25, 0.3) is 0 Å². The lowest BCUT2D eigenvalue weighted by Crippen LogP contribution is -2.27. The zero-order valence-electron chi connectivity index (χ0n) is 13.1. The van der Waals surface area contributed by atoms with Crippen molar-refractivity contribution in [3.63, 3.8) is 0 Å². The third kappa shape index (κ3) is 5.09. The Hall–Kier alpha value is -2.36. The number of carbonyl (C=O) groups excluding carboxylic acids is 2. The molecule has 0 aliphatic heterocycles. The van der Waals surface area contributed by atoms with Crippen LogP contribution in [-0.2, 0) is 9.59 Å². The van der Waals surface area contributed by atoms with Crippen LogP contribution in [0.1, 0.15) is 57.3 Å². The lowest BCUT2D eigenvalue weighted by molar-refractivity contribution is -0.125. The average molecular weight is 338 g/mol. The minimum absolute atomic E-state index is 0.0548. The summed E-state index contributed by atoms with van der Waals surface area (Å²) in [6.07, 6.45) is 0.110. The molecule has 0 saturated heterocycles. The Kier molecular flexibility index (Phi) is 5.74. The number of rotatable bonds is 7. The molecule has 0 saturated carbocycles. The van der Waals surface area contributed by atoms with E-state index in [2.05, 4.69) is 31.0 Å². The van der Waals surface area contributed by atoms with Crippen molar-refractivity contribution in [2.75, 3.05) is 5.32 Å². The molecule has 2 amide bonds. The SMILES string of the molecule is CC(C)c1noc(C(C)NC(=O)CCC(=O)Nc2nncs2)n1. The molecule has 2 aromatic heterocycles. The van der Waals surface area contributed by atoms with Crippen LogP contribution in [-0.4, -0.2) is 32.2 Å². The van der Waals surface area contributed by atoms with E-state index < -0.39 is 6.04 Å². The molecule has 0 spiro atoms. The first-order valence-electron chi connectivity index (χ1n) is 7.14.